The van der Waals surface area contributed by atoms with Crippen LogP contribution in [0.1, 0.15) is 5.56 Å². The van der Waals surface area contributed by atoms with Gasteiger partial charge >= 0.3 is 6.03 Å². The smallest absolute Gasteiger partial charge is 0.302 e. The third kappa shape index (κ3) is 3.52. The molecule has 1 saturated heterocycles. The van der Waals surface area contributed by atoms with Gasteiger partial charge in [-0.15, -0.1) is 4.31 Å². The SMILES string of the molecule is O=C1N/C(=C\c2cccc([N+](=O)[O-])c2)C(=O)N1S(=O)(=O)c1ccc(Cl)cc1. The number of nitrogens with zero attached hydrogens (tertiary/aromatic N) is 2. The first kappa shape index (κ1) is 18.5. The minimum absolute atomic E-state index is 0.0967. The second kappa shape index (κ2) is 6.82. The zero-order chi connectivity index (χ0) is 19.8. The summed E-state index contributed by atoms with van der Waals surface area (Å²) in [6.07, 6.45) is 1.16. The van der Waals surface area contributed by atoms with Crippen molar-refractivity contribution >= 4 is 45.3 Å². The summed E-state index contributed by atoms with van der Waals surface area (Å²) in [5.41, 5.74) is -0.289. The van der Waals surface area contributed by atoms with Gasteiger partial charge in [-0.25, -0.2) is 13.2 Å². The van der Waals surface area contributed by atoms with E-state index in [9.17, 15) is 28.1 Å². The molecule has 11 heteroatoms. The van der Waals surface area contributed by atoms with Crippen molar-refractivity contribution in [3.8, 4) is 0 Å². The van der Waals surface area contributed by atoms with Crippen molar-refractivity contribution < 1.29 is 22.9 Å². The minimum Gasteiger partial charge on any atom is -0.302 e. The molecule has 0 unspecified atom stereocenters. The standard InChI is InChI=1S/C16H10ClN3O6S/c17-11-4-6-13(7-5-11)27(25,26)19-15(21)14(18-16(19)22)9-10-2-1-3-12(8-10)20(23)24/h1-9H,(H,18,22)/b14-9-. The highest BCUT2D eigenvalue weighted by Crippen LogP contribution is 2.24. The van der Waals surface area contributed by atoms with Crippen LogP contribution in [0.2, 0.25) is 5.02 Å². The lowest BCUT2D eigenvalue weighted by molar-refractivity contribution is -0.384. The molecular weight excluding hydrogens is 398 g/mol. The molecule has 2 aromatic carbocycles. The zero-order valence-corrected chi connectivity index (χ0v) is 14.9. The van der Waals surface area contributed by atoms with Crippen LogP contribution in [0.5, 0.6) is 0 Å². The number of nitro groups is 1. The number of non-ortho nitro benzene ring substituents is 1. The summed E-state index contributed by atoms with van der Waals surface area (Å²) in [5.74, 6) is -1.10. The number of carbonyl (C=O) groups is 2. The fraction of sp³-hybridized carbons (Fsp3) is 0. The molecule has 1 aliphatic rings. The number of amides is 3. The van der Waals surface area contributed by atoms with Gasteiger partial charge in [0.2, 0.25) is 0 Å². The van der Waals surface area contributed by atoms with Crippen LogP contribution in [0.25, 0.3) is 6.08 Å². The predicted molar refractivity (Wildman–Crippen MR) is 95.1 cm³/mol. The first-order valence-electron chi connectivity index (χ1n) is 7.32. The van der Waals surface area contributed by atoms with Crippen LogP contribution in [0, 0.1) is 10.1 Å². The van der Waals surface area contributed by atoms with E-state index < -0.39 is 26.9 Å². The van der Waals surface area contributed by atoms with Gasteiger partial charge in [0, 0.05) is 17.2 Å². The van der Waals surface area contributed by atoms with E-state index in [1.165, 1.54) is 48.5 Å². The van der Waals surface area contributed by atoms with Crippen LogP contribution in [0.15, 0.2) is 59.1 Å². The van der Waals surface area contributed by atoms with E-state index in [0.29, 0.717) is 0 Å². The van der Waals surface area contributed by atoms with Gasteiger partial charge in [0.25, 0.3) is 21.6 Å². The monoisotopic (exact) mass is 407 g/mol. The third-order valence-electron chi connectivity index (χ3n) is 3.58. The van der Waals surface area contributed by atoms with Gasteiger partial charge in [-0.3, -0.25) is 14.9 Å². The number of imide groups is 1. The van der Waals surface area contributed by atoms with Crippen molar-refractivity contribution in [2.75, 3.05) is 0 Å². The summed E-state index contributed by atoms with van der Waals surface area (Å²) >= 11 is 5.72. The predicted octanol–water partition coefficient (Wildman–Crippen LogP) is 2.53. The topological polar surface area (TPSA) is 127 Å². The van der Waals surface area contributed by atoms with E-state index in [2.05, 4.69) is 5.32 Å². The highest BCUT2D eigenvalue weighted by atomic mass is 35.5. The molecule has 0 spiro atoms. The molecule has 0 bridgehead atoms. The van der Waals surface area contributed by atoms with Crippen LogP contribution < -0.4 is 5.32 Å². The van der Waals surface area contributed by atoms with E-state index >= 15 is 0 Å². The number of rotatable bonds is 4. The van der Waals surface area contributed by atoms with Crippen molar-refractivity contribution in [2.24, 2.45) is 0 Å². The van der Waals surface area contributed by atoms with Gasteiger partial charge in [-0.05, 0) is 35.9 Å². The number of halogens is 1. The van der Waals surface area contributed by atoms with Gasteiger partial charge in [0.1, 0.15) is 5.70 Å². The van der Waals surface area contributed by atoms with Gasteiger partial charge in [-0.1, -0.05) is 23.7 Å². The quantitative estimate of drug-likeness (QED) is 0.359. The molecule has 0 aliphatic carbocycles. The Kier molecular flexibility index (Phi) is 4.68. The Morgan fingerprint density at radius 3 is 2.41 bits per heavy atom. The molecule has 1 N–H and O–H groups in total. The Balaban J connectivity index is 1.96. The maximum atomic E-state index is 12.6. The number of sulfonamides is 1. The maximum Gasteiger partial charge on any atom is 0.343 e. The lowest BCUT2D eigenvalue weighted by Crippen LogP contribution is -2.36. The molecule has 138 valence electrons. The summed E-state index contributed by atoms with van der Waals surface area (Å²) in [5, 5.41) is 13.3. The molecule has 0 saturated carbocycles. The second-order valence-electron chi connectivity index (χ2n) is 5.37. The fourth-order valence-corrected chi connectivity index (χ4v) is 3.74. The van der Waals surface area contributed by atoms with Crippen molar-refractivity contribution in [1.82, 2.24) is 9.62 Å². The summed E-state index contributed by atoms with van der Waals surface area (Å²) < 4.78 is 25.3. The zero-order valence-electron chi connectivity index (χ0n) is 13.3. The number of nitrogens with one attached hydrogen (secondary N) is 1. The molecule has 0 atom stereocenters. The van der Waals surface area contributed by atoms with Crippen LogP contribution in [0.3, 0.4) is 0 Å². The molecule has 0 radical (unpaired) electrons. The summed E-state index contributed by atoms with van der Waals surface area (Å²) in [6, 6.07) is 9.12. The van der Waals surface area contributed by atoms with E-state index in [-0.39, 0.29) is 31.2 Å². The normalized spacial score (nSPS) is 15.9. The number of hydrogen-bond donors (Lipinski definition) is 1. The lowest BCUT2D eigenvalue weighted by atomic mass is 10.1. The van der Waals surface area contributed by atoms with Crippen LogP contribution in [-0.4, -0.2) is 29.6 Å². The van der Waals surface area contributed by atoms with Gasteiger partial charge < -0.3 is 5.32 Å². The number of carbonyl (C=O) groups excluding carboxylic acids is 2. The molecule has 3 amide bonds. The third-order valence-corrected chi connectivity index (χ3v) is 5.52. The molecule has 27 heavy (non-hydrogen) atoms. The molecule has 9 nitrogen and oxygen atoms in total. The number of benzene rings is 2. The largest absolute Gasteiger partial charge is 0.343 e. The van der Waals surface area contributed by atoms with Crippen molar-refractivity contribution in [3.63, 3.8) is 0 Å². The number of nitro benzene ring substituents is 1. The van der Waals surface area contributed by atoms with E-state index in [1.807, 2.05) is 0 Å². The van der Waals surface area contributed by atoms with Crippen LogP contribution in [-0.2, 0) is 14.8 Å². The Hall–Kier alpha value is -3.24. The van der Waals surface area contributed by atoms with Gasteiger partial charge in [0.15, 0.2) is 0 Å². The van der Waals surface area contributed by atoms with Crippen LogP contribution in [0.4, 0.5) is 10.5 Å². The maximum absolute atomic E-state index is 12.6. The van der Waals surface area contributed by atoms with Crippen LogP contribution >= 0.6 is 11.6 Å². The fourth-order valence-electron chi connectivity index (χ4n) is 2.34. The first-order valence-corrected chi connectivity index (χ1v) is 9.14. The van der Waals surface area contributed by atoms with Gasteiger partial charge in [-0.2, -0.15) is 0 Å². The summed E-state index contributed by atoms with van der Waals surface area (Å²) in [6.45, 7) is 0. The minimum atomic E-state index is -4.44. The summed E-state index contributed by atoms with van der Waals surface area (Å²) in [4.78, 5) is 34.5. The Morgan fingerprint density at radius 2 is 1.78 bits per heavy atom. The number of hydrogen-bond acceptors (Lipinski definition) is 6. The first-order chi connectivity index (χ1) is 12.7. The van der Waals surface area contributed by atoms with Crippen molar-refractivity contribution in [3.05, 3.63) is 74.9 Å². The average Bonchev–Trinajstić information content (AvgIpc) is 2.89. The Bertz CT molecular complexity index is 1100. The molecule has 1 fully saturated rings. The average molecular weight is 408 g/mol. The van der Waals surface area contributed by atoms with E-state index in [0.717, 1.165) is 6.08 Å². The molecule has 1 heterocycles. The molecule has 0 aromatic heterocycles. The van der Waals surface area contributed by atoms with Crippen molar-refractivity contribution in [2.45, 2.75) is 4.90 Å². The van der Waals surface area contributed by atoms with Gasteiger partial charge in [0.05, 0.1) is 9.82 Å². The molecule has 1 aliphatic heterocycles. The van der Waals surface area contributed by atoms with E-state index in [1.54, 1.807) is 0 Å². The molecule has 2 aromatic rings. The molecule has 3 rings (SSSR count). The molecular formula is C16H10ClN3O6S. The summed E-state index contributed by atoms with van der Waals surface area (Å²) in [7, 11) is -4.44. The number of urea groups is 1. The second-order valence-corrected chi connectivity index (χ2v) is 7.59. The van der Waals surface area contributed by atoms with E-state index in [4.69, 9.17) is 11.6 Å². The highest BCUT2D eigenvalue weighted by molar-refractivity contribution is 7.90. The Morgan fingerprint density at radius 1 is 1.11 bits per heavy atom. The lowest BCUT2D eigenvalue weighted by Gasteiger charge is -2.12. The highest BCUT2D eigenvalue weighted by Gasteiger charge is 2.43. The Labute approximate surface area is 158 Å². The van der Waals surface area contributed by atoms with Crippen molar-refractivity contribution in [1.29, 1.82) is 0 Å².